The Hall–Kier alpha value is -2.87. The first-order chi connectivity index (χ1) is 13.2. The second-order valence-corrected chi connectivity index (χ2v) is 7.54. The van der Waals surface area contributed by atoms with Gasteiger partial charge in [0.25, 0.3) is 5.91 Å². The van der Waals surface area contributed by atoms with Gasteiger partial charge in [0, 0.05) is 14.1 Å². The van der Waals surface area contributed by atoms with Gasteiger partial charge < -0.3 is 14.4 Å². The Labute approximate surface area is 168 Å². The second-order valence-electron chi connectivity index (χ2n) is 6.52. The summed E-state index contributed by atoms with van der Waals surface area (Å²) >= 11 is 1.02. The smallest absolute Gasteiger partial charge is 0.412 e. The molecule has 0 fully saturated rings. The number of methoxy groups -OCH3 is 1. The molecule has 2 amide bonds. The first kappa shape index (κ1) is 21.4. The molecule has 0 saturated heterocycles. The quantitative estimate of drug-likeness (QED) is 0.764. The van der Waals surface area contributed by atoms with Crippen molar-refractivity contribution in [3.8, 4) is 0 Å². The summed E-state index contributed by atoms with van der Waals surface area (Å²) in [5.74, 6) is -0.888. The maximum atomic E-state index is 12.4. The summed E-state index contributed by atoms with van der Waals surface area (Å²) < 4.78 is 10.1. The first-order valence-corrected chi connectivity index (χ1v) is 9.41. The maximum absolute atomic E-state index is 12.4. The van der Waals surface area contributed by atoms with E-state index in [4.69, 9.17) is 9.47 Å². The van der Waals surface area contributed by atoms with E-state index in [9.17, 15) is 14.4 Å². The third kappa shape index (κ3) is 4.51. The molecule has 0 spiro atoms. The number of anilines is 1. The molecule has 1 aromatic carbocycles. The van der Waals surface area contributed by atoms with Gasteiger partial charge in [0.05, 0.1) is 17.6 Å². The van der Waals surface area contributed by atoms with E-state index in [-0.39, 0.29) is 23.1 Å². The fourth-order valence-electron chi connectivity index (χ4n) is 2.70. The van der Waals surface area contributed by atoms with Crippen molar-refractivity contribution >= 4 is 34.3 Å². The van der Waals surface area contributed by atoms with E-state index in [1.165, 1.54) is 12.0 Å². The number of nitrogens with one attached hydrogen (secondary N) is 1. The van der Waals surface area contributed by atoms with Crippen LogP contribution in [-0.2, 0) is 16.1 Å². The third-order valence-electron chi connectivity index (χ3n) is 4.34. The van der Waals surface area contributed by atoms with Crippen molar-refractivity contribution in [3.63, 3.8) is 0 Å². The molecule has 0 saturated carbocycles. The lowest BCUT2D eigenvalue weighted by Gasteiger charge is -2.11. The second kappa shape index (κ2) is 8.88. The highest BCUT2D eigenvalue weighted by Crippen LogP contribution is 2.34. The minimum atomic E-state index is -0.710. The number of nitrogens with zero attached hydrogens (tertiary/aromatic N) is 1. The van der Waals surface area contributed by atoms with Crippen molar-refractivity contribution in [1.82, 2.24) is 4.90 Å². The van der Waals surface area contributed by atoms with Gasteiger partial charge in [-0.25, -0.2) is 9.59 Å². The largest absolute Gasteiger partial charge is 0.465 e. The Balaban J connectivity index is 2.24. The highest BCUT2D eigenvalue weighted by atomic mass is 32.1. The molecule has 0 atom stereocenters. The molecule has 0 radical (unpaired) electrons. The zero-order valence-corrected chi connectivity index (χ0v) is 17.7. The van der Waals surface area contributed by atoms with Gasteiger partial charge in [0.1, 0.15) is 11.6 Å². The predicted octanol–water partition coefficient (Wildman–Crippen LogP) is 3.91. The van der Waals surface area contributed by atoms with E-state index in [1.807, 2.05) is 32.0 Å². The normalized spacial score (nSPS) is 10.4. The monoisotopic (exact) mass is 404 g/mol. The minimum Gasteiger partial charge on any atom is -0.465 e. The number of benzene rings is 1. The molecule has 1 heterocycles. The standard InChI is InChI=1S/C20H24N2O5S/c1-11-8-7-9-12(2)14(11)10-27-20(25)21-17-15(19(24)26-6)13(3)16(28-17)18(23)22(4)5/h7-9H,10H2,1-6H3,(H,21,25). The molecule has 8 heteroatoms. The van der Waals surface area contributed by atoms with Crippen LogP contribution in [0.15, 0.2) is 18.2 Å². The molecule has 1 aromatic heterocycles. The van der Waals surface area contributed by atoms with Crippen LogP contribution >= 0.6 is 11.3 Å². The lowest BCUT2D eigenvalue weighted by atomic mass is 10.0. The van der Waals surface area contributed by atoms with Crippen molar-refractivity contribution in [1.29, 1.82) is 0 Å². The molecule has 7 nitrogen and oxygen atoms in total. The summed E-state index contributed by atoms with van der Waals surface area (Å²) in [6, 6.07) is 5.83. The lowest BCUT2D eigenvalue weighted by molar-refractivity contribution is 0.0601. The molecule has 28 heavy (non-hydrogen) atoms. The number of hydrogen-bond donors (Lipinski definition) is 1. The molecule has 0 bridgehead atoms. The van der Waals surface area contributed by atoms with E-state index in [0.717, 1.165) is 28.0 Å². The number of carbonyl (C=O) groups excluding carboxylic acids is 3. The Morgan fingerprint density at radius 2 is 1.71 bits per heavy atom. The molecular formula is C20H24N2O5S. The molecule has 0 aliphatic rings. The number of amides is 2. The molecule has 150 valence electrons. The number of aryl methyl sites for hydroxylation is 2. The summed E-state index contributed by atoms with van der Waals surface area (Å²) in [6.07, 6.45) is -0.710. The number of rotatable bonds is 5. The average Bonchev–Trinajstić information content (AvgIpc) is 2.95. The zero-order chi connectivity index (χ0) is 21.0. The maximum Gasteiger partial charge on any atom is 0.412 e. The molecule has 0 unspecified atom stereocenters. The number of ether oxygens (including phenoxy) is 2. The SMILES string of the molecule is COC(=O)c1c(NC(=O)OCc2c(C)cccc2C)sc(C(=O)N(C)C)c1C. The van der Waals surface area contributed by atoms with E-state index >= 15 is 0 Å². The van der Waals surface area contributed by atoms with Crippen LogP contribution in [0, 0.1) is 20.8 Å². The number of carbonyl (C=O) groups is 3. The van der Waals surface area contributed by atoms with Crippen LogP contribution < -0.4 is 5.32 Å². The Bertz CT molecular complexity index is 897. The number of thiophene rings is 1. The van der Waals surface area contributed by atoms with Gasteiger partial charge in [0.2, 0.25) is 0 Å². The summed E-state index contributed by atoms with van der Waals surface area (Å²) in [6.45, 7) is 5.64. The van der Waals surface area contributed by atoms with Crippen molar-refractivity contribution in [2.45, 2.75) is 27.4 Å². The molecule has 2 rings (SSSR count). The van der Waals surface area contributed by atoms with Crippen LogP contribution in [0.1, 0.15) is 42.3 Å². The van der Waals surface area contributed by atoms with Crippen molar-refractivity contribution in [2.75, 3.05) is 26.5 Å². The molecule has 2 aromatic rings. The minimum absolute atomic E-state index is 0.103. The highest BCUT2D eigenvalue weighted by Gasteiger charge is 2.27. The number of esters is 1. The van der Waals surface area contributed by atoms with Crippen LogP contribution in [0.5, 0.6) is 0 Å². The topological polar surface area (TPSA) is 84.9 Å². The zero-order valence-electron chi connectivity index (χ0n) is 16.8. The third-order valence-corrected chi connectivity index (χ3v) is 5.54. The molecule has 1 N–H and O–H groups in total. The Morgan fingerprint density at radius 1 is 1.11 bits per heavy atom. The van der Waals surface area contributed by atoms with Crippen LogP contribution in [0.4, 0.5) is 9.80 Å². The fraction of sp³-hybridized carbons (Fsp3) is 0.350. The summed E-state index contributed by atoms with van der Waals surface area (Å²) in [7, 11) is 4.48. The van der Waals surface area contributed by atoms with Crippen molar-refractivity contribution in [3.05, 3.63) is 50.9 Å². The number of hydrogen-bond acceptors (Lipinski definition) is 6. The van der Waals surface area contributed by atoms with E-state index in [1.54, 1.807) is 21.0 Å². The van der Waals surface area contributed by atoms with Crippen LogP contribution in [0.25, 0.3) is 0 Å². The summed E-state index contributed by atoms with van der Waals surface area (Å²) in [5.41, 5.74) is 3.58. The molecule has 0 aliphatic carbocycles. The van der Waals surface area contributed by atoms with E-state index in [0.29, 0.717) is 10.4 Å². The van der Waals surface area contributed by atoms with Gasteiger partial charge in [-0.3, -0.25) is 10.1 Å². The van der Waals surface area contributed by atoms with E-state index in [2.05, 4.69) is 5.32 Å². The fourth-order valence-corrected chi connectivity index (χ4v) is 3.90. The van der Waals surface area contributed by atoms with Crippen LogP contribution in [-0.4, -0.2) is 44.1 Å². The van der Waals surface area contributed by atoms with Crippen LogP contribution in [0.3, 0.4) is 0 Å². The average molecular weight is 404 g/mol. The highest BCUT2D eigenvalue weighted by molar-refractivity contribution is 7.18. The molecular weight excluding hydrogens is 380 g/mol. The van der Waals surface area contributed by atoms with Gasteiger partial charge in [-0.05, 0) is 43.0 Å². The van der Waals surface area contributed by atoms with Gasteiger partial charge in [0.15, 0.2) is 0 Å². The van der Waals surface area contributed by atoms with Crippen LogP contribution in [0.2, 0.25) is 0 Å². The van der Waals surface area contributed by atoms with Gasteiger partial charge in [-0.2, -0.15) is 0 Å². The predicted molar refractivity (Wildman–Crippen MR) is 108 cm³/mol. The molecule has 0 aliphatic heterocycles. The summed E-state index contributed by atoms with van der Waals surface area (Å²) in [5, 5.41) is 2.80. The van der Waals surface area contributed by atoms with Gasteiger partial charge in [-0.1, -0.05) is 18.2 Å². The first-order valence-electron chi connectivity index (χ1n) is 8.59. The van der Waals surface area contributed by atoms with Crippen molar-refractivity contribution < 1.29 is 23.9 Å². The Kier molecular flexibility index (Phi) is 6.80. The van der Waals surface area contributed by atoms with Gasteiger partial charge >= 0.3 is 12.1 Å². The van der Waals surface area contributed by atoms with Crippen molar-refractivity contribution in [2.24, 2.45) is 0 Å². The van der Waals surface area contributed by atoms with E-state index < -0.39 is 12.1 Å². The lowest BCUT2D eigenvalue weighted by Crippen LogP contribution is -2.21. The van der Waals surface area contributed by atoms with Gasteiger partial charge in [-0.15, -0.1) is 11.3 Å². The Morgan fingerprint density at radius 3 is 2.25 bits per heavy atom. The summed E-state index contributed by atoms with van der Waals surface area (Å²) in [4.78, 5) is 38.6.